The first-order valence-electron chi connectivity index (χ1n) is 11.4. The van der Waals surface area contributed by atoms with E-state index in [1.165, 1.54) is 12.8 Å². The SMILES string of the molecule is CC.CCC(C)(C)CC(C)C.CCCOC(C)(C)CCOC(C)CCC(N)=O. The molecule has 0 rings (SSSR count). The van der Waals surface area contributed by atoms with E-state index in [4.69, 9.17) is 15.2 Å². The van der Waals surface area contributed by atoms with Gasteiger partial charge in [0.1, 0.15) is 0 Å². The van der Waals surface area contributed by atoms with Gasteiger partial charge >= 0.3 is 0 Å². The number of hydrogen-bond donors (Lipinski definition) is 1. The Bertz CT molecular complexity index is 352. The molecule has 4 nitrogen and oxygen atoms in total. The lowest BCUT2D eigenvalue weighted by atomic mass is 9.82. The maximum Gasteiger partial charge on any atom is 0.217 e. The minimum atomic E-state index is -0.271. The van der Waals surface area contributed by atoms with Crippen molar-refractivity contribution in [2.24, 2.45) is 17.1 Å². The van der Waals surface area contributed by atoms with Gasteiger partial charge in [-0.3, -0.25) is 4.79 Å². The standard InChI is InChI=1S/C13H27NO3.C9H20.C2H6/c1-5-9-17-13(3,4)8-10-16-11(2)6-7-12(14)15;1-6-9(4,5)7-8(2)3;1-2/h11H,5-10H2,1-4H3,(H2,14,15);8H,6-7H2,1-5H3;1-2H3. The predicted molar refractivity (Wildman–Crippen MR) is 124 cm³/mol. The number of rotatable bonds is 13. The van der Waals surface area contributed by atoms with E-state index in [2.05, 4.69) is 55.4 Å². The molecule has 0 fully saturated rings. The van der Waals surface area contributed by atoms with Gasteiger partial charge in [-0.15, -0.1) is 0 Å². The van der Waals surface area contributed by atoms with Crippen molar-refractivity contribution in [1.29, 1.82) is 0 Å². The number of amides is 1. The molecule has 0 bridgehead atoms. The molecule has 0 saturated heterocycles. The van der Waals surface area contributed by atoms with Gasteiger partial charge in [0, 0.05) is 19.6 Å². The zero-order valence-electron chi connectivity index (χ0n) is 21.1. The van der Waals surface area contributed by atoms with Gasteiger partial charge in [-0.2, -0.15) is 0 Å². The van der Waals surface area contributed by atoms with Gasteiger partial charge in [0.25, 0.3) is 0 Å². The number of ether oxygens (including phenoxy) is 2. The van der Waals surface area contributed by atoms with Crippen LogP contribution in [0.2, 0.25) is 0 Å². The summed E-state index contributed by atoms with van der Waals surface area (Å²) < 4.78 is 11.3. The molecule has 1 amide bonds. The zero-order valence-corrected chi connectivity index (χ0v) is 21.1. The highest BCUT2D eigenvalue weighted by Gasteiger charge is 2.18. The zero-order chi connectivity index (χ0) is 22.8. The Morgan fingerprint density at radius 3 is 1.89 bits per heavy atom. The maximum absolute atomic E-state index is 10.6. The second-order valence-corrected chi connectivity index (χ2v) is 9.16. The Kier molecular flexibility index (Phi) is 21.1. The van der Waals surface area contributed by atoms with Crippen molar-refractivity contribution in [2.45, 2.75) is 126 Å². The molecule has 0 aromatic carbocycles. The third kappa shape index (κ3) is 25.4. The highest BCUT2D eigenvalue weighted by atomic mass is 16.5. The fraction of sp³-hybridized carbons (Fsp3) is 0.958. The molecule has 28 heavy (non-hydrogen) atoms. The van der Waals surface area contributed by atoms with Crippen molar-refractivity contribution in [2.75, 3.05) is 13.2 Å². The van der Waals surface area contributed by atoms with Crippen molar-refractivity contribution < 1.29 is 14.3 Å². The summed E-state index contributed by atoms with van der Waals surface area (Å²) in [6.07, 6.45) is 5.68. The second kappa shape index (κ2) is 18.4. The molecule has 0 spiro atoms. The maximum atomic E-state index is 10.6. The van der Waals surface area contributed by atoms with Crippen LogP contribution in [-0.2, 0) is 14.3 Å². The number of primary amides is 1. The van der Waals surface area contributed by atoms with Crippen LogP contribution in [0, 0.1) is 11.3 Å². The molecule has 0 heterocycles. The van der Waals surface area contributed by atoms with E-state index in [0.29, 0.717) is 24.9 Å². The van der Waals surface area contributed by atoms with Gasteiger partial charge in [-0.1, -0.05) is 61.8 Å². The Hall–Kier alpha value is -0.610. The van der Waals surface area contributed by atoms with Crippen LogP contribution in [0.1, 0.15) is 115 Å². The summed E-state index contributed by atoms with van der Waals surface area (Å²) in [5.74, 6) is 0.576. The first-order chi connectivity index (χ1) is 12.8. The molecule has 0 aromatic rings. The van der Waals surface area contributed by atoms with Gasteiger partial charge in [0.05, 0.1) is 11.7 Å². The Morgan fingerprint density at radius 2 is 1.54 bits per heavy atom. The molecule has 0 aromatic heterocycles. The normalized spacial score (nSPS) is 12.6. The lowest BCUT2D eigenvalue weighted by Crippen LogP contribution is -2.27. The fourth-order valence-electron chi connectivity index (χ4n) is 2.63. The summed E-state index contributed by atoms with van der Waals surface area (Å²) in [6, 6.07) is 0. The van der Waals surface area contributed by atoms with Crippen molar-refractivity contribution in [1.82, 2.24) is 0 Å². The van der Waals surface area contributed by atoms with Gasteiger partial charge in [0.2, 0.25) is 5.91 Å². The number of carbonyl (C=O) groups is 1. The topological polar surface area (TPSA) is 61.6 Å². The van der Waals surface area contributed by atoms with Crippen LogP contribution >= 0.6 is 0 Å². The first kappa shape index (κ1) is 32.1. The summed E-state index contributed by atoms with van der Waals surface area (Å²) in [6.45, 7) is 25.2. The van der Waals surface area contributed by atoms with Crippen LogP contribution in [0.4, 0.5) is 0 Å². The van der Waals surface area contributed by atoms with E-state index in [-0.39, 0.29) is 17.6 Å². The smallest absolute Gasteiger partial charge is 0.217 e. The monoisotopic (exact) mass is 403 g/mol. The summed E-state index contributed by atoms with van der Waals surface area (Å²) in [7, 11) is 0. The highest BCUT2D eigenvalue weighted by Crippen LogP contribution is 2.28. The molecule has 0 radical (unpaired) electrons. The summed E-state index contributed by atoms with van der Waals surface area (Å²) >= 11 is 0. The lowest BCUT2D eigenvalue weighted by molar-refractivity contribution is -0.118. The molecule has 172 valence electrons. The van der Waals surface area contributed by atoms with E-state index in [1.807, 2.05) is 20.8 Å². The number of nitrogens with two attached hydrogens (primary N) is 1. The van der Waals surface area contributed by atoms with Crippen molar-refractivity contribution >= 4 is 5.91 Å². The second-order valence-electron chi connectivity index (χ2n) is 9.16. The molecule has 0 aliphatic heterocycles. The third-order valence-corrected chi connectivity index (χ3v) is 4.52. The Balaban J connectivity index is -0.000000479. The summed E-state index contributed by atoms with van der Waals surface area (Å²) in [5, 5.41) is 0. The average Bonchev–Trinajstić information content (AvgIpc) is 2.59. The minimum absolute atomic E-state index is 0.0736. The van der Waals surface area contributed by atoms with E-state index in [9.17, 15) is 4.79 Å². The van der Waals surface area contributed by atoms with Gasteiger partial charge < -0.3 is 15.2 Å². The van der Waals surface area contributed by atoms with Crippen LogP contribution in [0.5, 0.6) is 0 Å². The van der Waals surface area contributed by atoms with Gasteiger partial charge in [-0.25, -0.2) is 0 Å². The lowest BCUT2D eigenvalue weighted by Gasteiger charge is -2.25. The first-order valence-corrected chi connectivity index (χ1v) is 11.4. The van der Waals surface area contributed by atoms with E-state index < -0.39 is 0 Å². The number of carbonyl (C=O) groups excluding carboxylic acids is 1. The Labute approximate surface area is 177 Å². The molecule has 0 aliphatic rings. The van der Waals surface area contributed by atoms with E-state index in [1.54, 1.807) is 0 Å². The van der Waals surface area contributed by atoms with Crippen molar-refractivity contribution in [3.63, 3.8) is 0 Å². The molecule has 0 aliphatic carbocycles. The number of hydrogen-bond acceptors (Lipinski definition) is 3. The van der Waals surface area contributed by atoms with E-state index in [0.717, 1.165) is 25.4 Å². The molecule has 0 saturated carbocycles. The van der Waals surface area contributed by atoms with Crippen LogP contribution in [-0.4, -0.2) is 30.8 Å². The fourth-order valence-corrected chi connectivity index (χ4v) is 2.63. The highest BCUT2D eigenvalue weighted by molar-refractivity contribution is 5.73. The summed E-state index contributed by atoms with van der Waals surface area (Å²) in [5.41, 5.74) is 5.50. The third-order valence-electron chi connectivity index (χ3n) is 4.52. The quantitative estimate of drug-likeness (QED) is 0.370. The summed E-state index contributed by atoms with van der Waals surface area (Å²) in [4.78, 5) is 10.6. The van der Waals surface area contributed by atoms with Crippen LogP contribution in [0.25, 0.3) is 0 Å². The largest absolute Gasteiger partial charge is 0.378 e. The predicted octanol–water partition coefficient (Wildman–Crippen LogP) is 6.75. The average molecular weight is 404 g/mol. The molecular formula is C24H53NO3. The van der Waals surface area contributed by atoms with Gasteiger partial charge in [0.15, 0.2) is 0 Å². The van der Waals surface area contributed by atoms with Gasteiger partial charge in [-0.05, 0) is 57.8 Å². The van der Waals surface area contributed by atoms with Crippen LogP contribution in [0.3, 0.4) is 0 Å². The van der Waals surface area contributed by atoms with Crippen LogP contribution < -0.4 is 5.73 Å². The molecule has 2 N–H and O–H groups in total. The molecule has 1 atom stereocenters. The van der Waals surface area contributed by atoms with E-state index >= 15 is 0 Å². The van der Waals surface area contributed by atoms with Crippen molar-refractivity contribution in [3.8, 4) is 0 Å². The molecule has 1 unspecified atom stereocenters. The molecule has 4 heteroatoms. The van der Waals surface area contributed by atoms with Crippen molar-refractivity contribution in [3.05, 3.63) is 0 Å². The Morgan fingerprint density at radius 1 is 1.00 bits per heavy atom. The minimum Gasteiger partial charge on any atom is -0.378 e. The van der Waals surface area contributed by atoms with Crippen LogP contribution in [0.15, 0.2) is 0 Å². The molecular weight excluding hydrogens is 350 g/mol.